The topological polar surface area (TPSA) is 160 Å². The number of morpholine rings is 1. The maximum absolute atomic E-state index is 14.3. The van der Waals surface area contributed by atoms with Crippen LogP contribution in [0.4, 0.5) is 4.79 Å². The first-order chi connectivity index (χ1) is 30.6. The molecule has 2 fully saturated rings. The number of pyridine rings is 1. The molecule has 6 rings (SSSR count). The molecule has 64 heavy (non-hydrogen) atoms. The van der Waals surface area contributed by atoms with Crippen molar-refractivity contribution in [3.05, 3.63) is 58.2 Å². The number of aromatic nitrogens is 3. The summed E-state index contributed by atoms with van der Waals surface area (Å²) in [6, 6.07) is 9.14. The van der Waals surface area contributed by atoms with Crippen molar-refractivity contribution in [1.82, 2.24) is 39.5 Å². The summed E-state index contributed by atoms with van der Waals surface area (Å²) in [6.45, 7) is 19.7. The summed E-state index contributed by atoms with van der Waals surface area (Å²) < 4.78 is 20.6. The minimum absolute atomic E-state index is 0.0989. The van der Waals surface area contributed by atoms with Gasteiger partial charge in [-0.25, -0.2) is 15.2 Å². The molecule has 3 aromatic heterocycles. The number of thiazole rings is 1. The minimum atomic E-state index is -0.895. The highest BCUT2D eigenvalue weighted by Gasteiger charge is 2.37. The lowest BCUT2D eigenvalue weighted by Gasteiger charge is -2.41. The Balaban J connectivity index is 1.32. The van der Waals surface area contributed by atoms with E-state index in [1.807, 2.05) is 51.0 Å². The van der Waals surface area contributed by atoms with Crippen molar-refractivity contribution < 1.29 is 33.4 Å². The second-order valence-corrected chi connectivity index (χ2v) is 20.3. The molecule has 2 saturated heterocycles. The molecule has 1 aromatic carbocycles. The quantitative estimate of drug-likeness (QED) is 0.0763. The average molecular weight is 919 g/mol. The molecule has 348 valence electrons. The van der Waals surface area contributed by atoms with Gasteiger partial charge in [-0.05, 0) is 94.7 Å². The molecule has 5 heterocycles. The van der Waals surface area contributed by atoms with Crippen LogP contribution in [-0.2, 0) is 48.0 Å². The number of methoxy groups -OCH3 is 1. The van der Waals surface area contributed by atoms with E-state index in [0.29, 0.717) is 50.7 Å². The van der Waals surface area contributed by atoms with Crippen molar-refractivity contribution in [3.8, 4) is 22.5 Å². The molecule has 0 bridgehead atoms. The monoisotopic (exact) mass is 918 g/mol. The number of hydrogen-bond acceptors (Lipinski definition) is 12. The molecule has 0 radical (unpaired) electrons. The Kier molecular flexibility index (Phi) is 16.5. The predicted octanol–water partition coefficient (Wildman–Crippen LogP) is 7.28. The summed E-state index contributed by atoms with van der Waals surface area (Å²) in [5, 5.41) is 7.83. The first-order valence-electron chi connectivity index (χ1n) is 22.4. The van der Waals surface area contributed by atoms with Crippen LogP contribution in [0.15, 0.2) is 41.9 Å². The zero-order valence-corrected chi connectivity index (χ0v) is 40.6. The number of carbonyl (C=O) groups excluding carboxylic acids is 4. The van der Waals surface area contributed by atoms with Gasteiger partial charge in [0.2, 0.25) is 5.91 Å². The maximum Gasteiger partial charge on any atom is 0.330 e. The van der Waals surface area contributed by atoms with Gasteiger partial charge >= 0.3 is 6.03 Å². The third kappa shape index (κ3) is 11.1. The van der Waals surface area contributed by atoms with Crippen LogP contribution < -0.4 is 10.7 Å². The second-order valence-electron chi connectivity index (χ2n) is 18.1. The van der Waals surface area contributed by atoms with Gasteiger partial charge < -0.3 is 29.0 Å². The number of carbonyl (C=O) groups is 4. The molecule has 4 aromatic rings. The molecular formula is C47H66N8O7S2. The number of hydrazine groups is 1. The van der Waals surface area contributed by atoms with Crippen LogP contribution in [0.25, 0.3) is 33.4 Å². The lowest BCUT2D eigenvalue weighted by atomic mass is 9.84. The van der Waals surface area contributed by atoms with Gasteiger partial charge in [0.15, 0.2) is 0 Å². The third-order valence-electron chi connectivity index (χ3n) is 12.0. The molecule has 5 atom stereocenters. The highest BCUT2D eigenvalue weighted by Crippen LogP contribution is 2.42. The van der Waals surface area contributed by atoms with Gasteiger partial charge in [-0.3, -0.25) is 28.7 Å². The highest BCUT2D eigenvalue weighted by atomic mass is 32.2. The minimum Gasteiger partial charge on any atom is -0.467 e. The number of benzene rings is 1. The number of amides is 4. The molecule has 15 nitrogen and oxygen atoms in total. The Morgan fingerprint density at radius 3 is 2.55 bits per heavy atom. The van der Waals surface area contributed by atoms with Crippen molar-refractivity contribution in [2.24, 2.45) is 11.3 Å². The van der Waals surface area contributed by atoms with Crippen LogP contribution in [0.3, 0.4) is 0 Å². The first-order valence-corrected chi connectivity index (χ1v) is 24.1. The number of rotatable bonds is 18. The summed E-state index contributed by atoms with van der Waals surface area (Å²) >= 11 is 2.63. The van der Waals surface area contributed by atoms with E-state index >= 15 is 0 Å². The Hall–Kier alpha value is -4.55. The lowest BCUT2D eigenvalue weighted by molar-refractivity contribution is -0.140. The Bertz CT molecular complexity index is 2250. The van der Waals surface area contributed by atoms with Gasteiger partial charge in [0, 0.05) is 79.2 Å². The van der Waals surface area contributed by atoms with E-state index in [0.717, 1.165) is 57.5 Å². The zero-order chi connectivity index (χ0) is 46.3. The standard InChI is InChI=1S/C47H66N8O7S2/c1-11-53-39-17-16-33(21-35(39)36(23-47(7,8)27-62-28-56)42(53)34-15-14-18-48-41(34)32(6)60-10)38-26-63-40(50-38)22-37(45(58)54-20-13-12-19-49-54)51-44(57)43(29(2)3)64-52(9)46(59)55-30(4)24-61-25-31(55)5/h14-18,21,26,28-32,37,43,49H,11-13,19-20,22-25,27H2,1-10H3,(H,51,57). The molecule has 0 spiro atoms. The molecule has 5 unspecified atom stereocenters. The normalized spacial score (nSPS) is 18.5. The van der Waals surface area contributed by atoms with Crippen LogP contribution >= 0.6 is 23.3 Å². The fourth-order valence-electron chi connectivity index (χ4n) is 8.70. The van der Waals surface area contributed by atoms with Gasteiger partial charge in [0.1, 0.15) is 11.3 Å². The maximum atomic E-state index is 14.3. The first kappa shape index (κ1) is 48.9. The predicted molar refractivity (Wildman–Crippen MR) is 252 cm³/mol. The SMILES string of the molecule is CCn1c(-c2cccnc2C(C)OC)c(CC(C)(C)COC=O)c2cc(-c3csc(CC(NC(=O)C(SN(C)C(=O)N4C(C)COCC4C)C(C)C)C(=O)N4CCCCN4)n3)ccc21. The number of hydrogen-bond donors (Lipinski definition) is 2. The lowest BCUT2D eigenvalue weighted by Crippen LogP contribution is -2.57. The summed E-state index contributed by atoms with van der Waals surface area (Å²) in [6.07, 6.45) is 4.16. The number of ether oxygens (including phenoxy) is 3. The van der Waals surface area contributed by atoms with Crippen LogP contribution in [0, 0.1) is 11.3 Å². The smallest absolute Gasteiger partial charge is 0.330 e. The summed E-state index contributed by atoms with van der Waals surface area (Å²) in [7, 11) is 3.38. The van der Waals surface area contributed by atoms with Gasteiger partial charge in [-0.2, -0.15) is 0 Å². The van der Waals surface area contributed by atoms with E-state index in [1.54, 1.807) is 25.4 Å². The van der Waals surface area contributed by atoms with Crippen LogP contribution in [0.1, 0.15) is 90.6 Å². The van der Waals surface area contributed by atoms with Gasteiger partial charge in [-0.15, -0.1) is 11.3 Å². The third-order valence-corrected chi connectivity index (χ3v) is 14.4. The van der Waals surface area contributed by atoms with E-state index in [1.165, 1.54) is 27.6 Å². The average Bonchev–Trinajstić information content (AvgIpc) is 3.88. The van der Waals surface area contributed by atoms with Crippen LogP contribution in [-0.4, -0.2) is 124 Å². The molecule has 2 aliphatic heterocycles. The van der Waals surface area contributed by atoms with E-state index in [-0.39, 0.29) is 55.0 Å². The van der Waals surface area contributed by atoms with Crippen molar-refractivity contribution in [2.75, 3.05) is 47.1 Å². The molecule has 2 N–H and O–H groups in total. The number of nitrogens with zero attached hydrogens (tertiary/aromatic N) is 6. The zero-order valence-electron chi connectivity index (χ0n) is 39.0. The fourth-order valence-corrected chi connectivity index (χ4v) is 10.5. The molecular weight excluding hydrogens is 853 g/mol. The summed E-state index contributed by atoms with van der Waals surface area (Å²) in [5.74, 6) is -0.688. The van der Waals surface area contributed by atoms with E-state index in [9.17, 15) is 19.2 Å². The van der Waals surface area contributed by atoms with Crippen molar-refractivity contribution in [3.63, 3.8) is 0 Å². The largest absolute Gasteiger partial charge is 0.467 e. The number of nitrogens with one attached hydrogen (secondary N) is 2. The number of urea groups is 1. The van der Waals surface area contributed by atoms with Crippen molar-refractivity contribution in [2.45, 2.75) is 117 Å². The Morgan fingerprint density at radius 2 is 1.89 bits per heavy atom. The van der Waals surface area contributed by atoms with Crippen molar-refractivity contribution in [1.29, 1.82) is 0 Å². The number of fused-ring (bicyclic) bond motifs is 1. The van der Waals surface area contributed by atoms with E-state index in [2.05, 4.69) is 60.3 Å². The Labute approximate surface area is 386 Å². The molecule has 2 aliphatic rings. The number of aryl methyl sites for hydroxylation is 1. The van der Waals surface area contributed by atoms with Crippen LogP contribution in [0.5, 0.6) is 0 Å². The van der Waals surface area contributed by atoms with Crippen LogP contribution in [0.2, 0.25) is 0 Å². The van der Waals surface area contributed by atoms with Gasteiger partial charge in [0.25, 0.3) is 12.4 Å². The molecule has 0 saturated carbocycles. The summed E-state index contributed by atoms with van der Waals surface area (Å²) in [5.41, 5.74) is 9.51. The van der Waals surface area contributed by atoms with Gasteiger partial charge in [-0.1, -0.05) is 33.8 Å². The highest BCUT2D eigenvalue weighted by molar-refractivity contribution is 7.98. The van der Waals surface area contributed by atoms with E-state index < -0.39 is 16.7 Å². The Morgan fingerprint density at radius 1 is 1.14 bits per heavy atom. The fraction of sp³-hybridized carbons (Fsp3) is 0.574. The van der Waals surface area contributed by atoms with Gasteiger partial charge in [0.05, 0.1) is 60.1 Å². The van der Waals surface area contributed by atoms with Crippen molar-refractivity contribution >= 4 is 58.5 Å². The molecule has 17 heteroatoms. The molecule has 4 amide bonds. The second kappa shape index (κ2) is 21.6. The molecule has 0 aliphatic carbocycles. The van der Waals surface area contributed by atoms with E-state index in [4.69, 9.17) is 24.2 Å². The summed E-state index contributed by atoms with van der Waals surface area (Å²) in [4.78, 5) is 65.2.